The van der Waals surface area contributed by atoms with Crippen molar-refractivity contribution in [3.05, 3.63) is 152 Å². The minimum atomic E-state index is 0. The topological polar surface area (TPSA) is 46.3 Å². The van der Waals surface area contributed by atoms with Crippen LogP contribution in [0.2, 0.25) is 0 Å². The number of anilines is 3. The van der Waals surface area contributed by atoms with E-state index in [9.17, 15) is 0 Å². The van der Waals surface area contributed by atoms with Crippen molar-refractivity contribution in [3.63, 3.8) is 0 Å². The zero-order valence-corrected chi connectivity index (χ0v) is 26.1. The van der Waals surface area contributed by atoms with Gasteiger partial charge < -0.3 is 14.3 Å². The first-order valence-corrected chi connectivity index (χ1v) is 14.6. The third-order valence-corrected chi connectivity index (χ3v) is 8.15. The van der Waals surface area contributed by atoms with E-state index in [4.69, 9.17) is 9.97 Å². The van der Waals surface area contributed by atoms with E-state index >= 15 is 0 Å². The SMILES string of the molecule is [Pt+2].[c-]1c(-c2ccccn2)cccc1N(c1[c-]c(-c2nc3c4ccccc4n4c5ccccc5c(n2)c34)ccc1)c1ccccc1. The number of hydrogen-bond donors (Lipinski definition) is 0. The van der Waals surface area contributed by atoms with Crippen LogP contribution in [0, 0.1) is 12.1 Å². The molecule has 214 valence electrons. The van der Waals surface area contributed by atoms with Crippen LogP contribution in [0.5, 0.6) is 0 Å². The summed E-state index contributed by atoms with van der Waals surface area (Å²) in [5.41, 5.74) is 10.6. The minimum Gasteiger partial charge on any atom is -0.346 e. The molecule has 9 rings (SSSR count). The number of para-hydroxylation sites is 3. The number of fused-ring (bicyclic) bond motifs is 6. The first kappa shape index (κ1) is 27.2. The predicted molar refractivity (Wildman–Crippen MR) is 178 cm³/mol. The summed E-state index contributed by atoms with van der Waals surface area (Å²) in [6.45, 7) is 0. The second-order valence-electron chi connectivity index (χ2n) is 10.7. The van der Waals surface area contributed by atoms with E-state index in [1.54, 1.807) is 6.20 Å². The quantitative estimate of drug-likeness (QED) is 0.164. The second-order valence-corrected chi connectivity index (χ2v) is 10.7. The average Bonchev–Trinajstić information content (AvgIpc) is 3.61. The summed E-state index contributed by atoms with van der Waals surface area (Å²) in [7, 11) is 0. The number of aromatic nitrogens is 4. The van der Waals surface area contributed by atoms with Crippen LogP contribution < -0.4 is 4.90 Å². The van der Waals surface area contributed by atoms with Crippen molar-refractivity contribution in [2.24, 2.45) is 0 Å². The molecular weight excluding hydrogens is 734 g/mol. The summed E-state index contributed by atoms with van der Waals surface area (Å²) in [6, 6.07) is 52.7. The average molecular weight is 757 g/mol. The van der Waals surface area contributed by atoms with Gasteiger partial charge in [-0.25, -0.2) is 0 Å². The van der Waals surface area contributed by atoms with Crippen LogP contribution >= 0.6 is 0 Å². The van der Waals surface area contributed by atoms with Gasteiger partial charge >= 0.3 is 21.1 Å². The number of benzene rings is 5. The molecule has 0 spiro atoms. The summed E-state index contributed by atoms with van der Waals surface area (Å²) < 4.78 is 2.29. The molecule has 9 aromatic rings. The molecular formula is C39H23N5Pt. The molecule has 0 aliphatic carbocycles. The Morgan fingerprint density at radius 3 is 1.76 bits per heavy atom. The van der Waals surface area contributed by atoms with Gasteiger partial charge in [-0.3, -0.25) is 9.97 Å². The zero-order chi connectivity index (χ0) is 29.0. The van der Waals surface area contributed by atoms with Crippen LogP contribution in [-0.4, -0.2) is 19.4 Å². The van der Waals surface area contributed by atoms with Crippen LogP contribution in [0.15, 0.2) is 140 Å². The van der Waals surface area contributed by atoms with E-state index in [0.717, 1.165) is 72.2 Å². The summed E-state index contributed by atoms with van der Waals surface area (Å²) in [4.78, 5) is 17.1. The van der Waals surface area contributed by atoms with Gasteiger partial charge in [-0.15, -0.1) is 59.7 Å². The molecule has 0 saturated carbocycles. The van der Waals surface area contributed by atoms with Gasteiger partial charge in [-0.05, 0) is 47.4 Å². The first-order chi connectivity index (χ1) is 21.8. The van der Waals surface area contributed by atoms with Crippen LogP contribution in [0.4, 0.5) is 17.1 Å². The van der Waals surface area contributed by atoms with Crippen LogP contribution in [0.3, 0.4) is 0 Å². The van der Waals surface area contributed by atoms with Crippen LogP contribution in [-0.2, 0) is 21.1 Å². The van der Waals surface area contributed by atoms with E-state index in [1.165, 1.54) is 0 Å². The monoisotopic (exact) mass is 756 g/mol. The van der Waals surface area contributed by atoms with Crippen molar-refractivity contribution < 1.29 is 21.1 Å². The van der Waals surface area contributed by atoms with E-state index in [-0.39, 0.29) is 21.1 Å². The molecule has 5 aromatic carbocycles. The van der Waals surface area contributed by atoms with E-state index in [2.05, 4.69) is 99.2 Å². The molecule has 0 N–H and O–H groups in total. The van der Waals surface area contributed by atoms with Gasteiger partial charge in [-0.2, -0.15) is 0 Å². The van der Waals surface area contributed by atoms with Crippen LogP contribution in [0.1, 0.15) is 0 Å². The van der Waals surface area contributed by atoms with Crippen molar-refractivity contribution in [3.8, 4) is 22.6 Å². The molecule has 0 bridgehead atoms. The van der Waals surface area contributed by atoms with Gasteiger partial charge in [0.1, 0.15) is 0 Å². The Bertz CT molecular complexity index is 2370. The summed E-state index contributed by atoms with van der Waals surface area (Å²) in [6.07, 6.45) is 1.81. The second kappa shape index (κ2) is 11.0. The molecule has 0 amide bonds. The summed E-state index contributed by atoms with van der Waals surface area (Å²) in [5, 5.41) is 2.23. The Kier molecular flexibility index (Phi) is 6.62. The van der Waals surface area contributed by atoms with E-state index in [0.29, 0.717) is 5.82 Å². The molecule has 0 saturated heterocycles. The maximum absolute atomic E-state index is 5.18. The molecule has 6 heteroatoms. The third-order valence-electron chi connectivity index (χ3n) is 8.15. The van der Waals surface area contributed by atoms with E-state index in [1.807, 2.05) is 60.7 Å². The fourth-order valence-electron chi connectivity index (χ4n) is 6.23. The maximum Gasteiger partial charge on any atom is 2.00 e. The minimum absolute atomic E-state index is 0. The zero-order valence-electron chi connectivity index (χ0n) is 23.8. The van der Waals surface area contributed by atoms with Crippen molar-refractivity contribution >= 4 is 55.4 Å². The van der Waals surface area contributed by atoms with Crippen molar-refractivity contribution in [2.45, 2.75) is 0 Å². The van der Waals surface area contributed by atoms with Gasteiger partial charge in [0.25, 0.3) is 0 Å². The van der Waals surface area contributed by atoms with E-state index < -0.39 is 0 Å². The largest absolute Gasteiger partial charge is 2.00 e. The van der Waals surface area contributed by atoms with Gasteiger partial charge in [0.15, 0.2) is 0 Å². The number of pyridine rings is 1. The molecule has 4 heterocycles. The Labute approximate surface area is 274 Å². The van der Waals surface area contributed by atoms with Crippen molar-refractivity contribution in [1.29, 1.82) is 0 Å². The first-order valence-electron chi connectivity index (χ1n) is 14.6. The molecule has 0 aliphatic rings. The number of hydrogen-bond acceptors (Lipinski definition) is 4. The maximum atomic E-state index is 5.18. The smallest absolute Gasteiger partial charge is 0.346 e. The normalized spacial score (nSPS) is 11.4. The molecule has 4 aromatic heterocycles. The molecule has 0 radical (unpaired) electrons. The molecule has 0 aliphatic heterocycles. The van der Waals surface area contributed by atoms with Gasteiger partial charge in [-0.1, -0.05) is 66.7 Å². The number of rotatable bonds is 5. The molecule has 0 unspecified atom stereocenters. The Morgan fingerprint density at radius 1 is 0.533 bits per heavy atom. The molecule has 0 atom stereocenters. The Morgan fingerprint density at radius 2 is 1.11 bits per heavy atom. The van der Waals surface area contributed by atoms with Gasteiger partial charge in [0.2, 0.25) is 0 Å². The van der Waals surface area contributed by atoms with Gasteiger partial charge in [0, 0.05) is 22.7 Å². The predicted octanol–water partition coefficient (Wildman–Crippen LogP) is 9.42. The fourth-order valence-corrected chi connectivity index (χ4v) is 6.23. The van der Waals surface area contributed by atoms with Crippen molar-refractivity contribution in [1.82, 2.24) is 19.4 Å². The molecule has 0 fully saturated rings. The van der Waals surface area contributed by atoms with Crippen LogP contribution in [0.25, 0.3) is 61.0 Å². The molecule has 5 nitrogen and oxygen atoms in total. The van der Waals surface area contributed by atoms with Gasteiger partial charge in [0.05, 0.1) is 33.4 Å². The van der Waals surface area contributed by atoms with Crippen molar-refractivity contribution in [2.75, 3.05) is 4.90 Å². The standard InChI is InChI=1S/C39H23N5.Pt/c1-2-14-28(15-3-1)43(29-16-10-12-26(24-29)33-20-8-9-23-40-33)30-17-11-13-27(25-30)39-41-36-31-18-4-6-21-34(31)44-35-22-7-5-19-32(35)37(42-39)38(36)44;/h1-23H;/q-2;+2. The Balaban J connectivity index is 0.00000300. The third kappa shape index (κ3) is 4.39. The summed E-state index contributed by atoms with van der Waals surface area (Å²) in [5.74, 6) is 0.646. The molecule has 45 heavy (non-hydrogen) atoms. The summed E-state index contributed by atoms with van der Waals surface area (Å²) >= 11 is 0. The fraction of sp³-hybridized carbons (Fsp3) is 0. The number of nitrogens with zero attached hydrogens (tertiary/aromatic N) is 5. The Hall–Kier alpha value is -5.38.